The molecule has 0 aliphatic carbocycles. The first-order valence-electron chi connectivity index (χ1n) is 12.0. The average molecular weight is 476 g/mol. The summed E-state index contributed by atoms with van der Waals surface area (Å²) in [7, 11) is 0. The van der Waals surface area contributed by atoms with Crippen LogP contribution in [0.1, 0.15) is 16.7 Å². The molecule has 0 radical (unpaired) electrons. The van der Waals surface area contributed by atoms with Gasteiger partial charge in [0, 0.05) is 29.2 Å². The third-order valence-electron chi connectivity index (χ3n) is 6.40. The van der Waals surface area contributed by atoms with Gasteiger partial charge in [-0.2, -0.15) is 5.10 Å². The van der Waals surface area contributed by atoms with Crippen LogP contribution in [-0.2, 0) is 17.8 Å². The van der Waals surface area contributed by atoms with Gasteiger partial charge in [0.15, 0.2) is 11.5 Å². The highest BCUT2D eigenvalue weighted by Gasteiger charge is 2.13. The van der Waals surface area contributed by atoms with E-state index in [-0.39, 0.29) is 12.3 Å². The molecule has 1 aliphatic heterocycles. The maximum atomic E-state index is 12.5. The summed E-state index contributed by atoms with van der Waals surface area (Å²) in [6.45, 7) is 1.80. The molecule has 6 rings (SSSR count). The van der Waals surface area contributed by atoms with E-state index in [1.165, 1.54) is 16.3 Å². The zero-order valence-corrected chi connectivity index (χ0v) is 19.7. The Bertz CT molecular complexity index is 1600. The minimum Gasteiger partial charge on any atom is -0.486 e. The van der Waals surface area contributed by atoms with Gasteiger partial charge >= 0.3 is 0 Å². The number of rotatable bonds is 6. The summed E-state index contributed by atoms with van der Waals surface area (Å²) >= 11 is 0. The molecule has 6 heteroatoms. The van der Waals surface area contributed by atoms with Crippen molar-refractivity contribution in [3.63, 3.8) is 0 Å². The summed E-state index contributed by atoms with van der Waals surface area (Å²) in [5.41, 5.74) is 6.83. The fourth-order valence-electron chi connectivity index (χ4n) is 4.72. The van der Waals surface area contributed by atoms with E-state index >= 15 is 0 Å². The minimum atomic E-state index is -0.192. The summed E-state index contributed by atoms with van der Waals surface area (Å²) in [5, 5.41) is 7.82. The van der Waals surface area contributed by atoms with Crippen molar-refractivity contribution in [3.05, 3.63) is 108 Å². The Morgan fingerprint density at radius 1 is 0.889 bits per heavy atom. The standard InChI is InChI=1S/C30H25N3O3/c34-30(17-21-12-13-28-29(16-21)36-15-14-35-28)32-31-18-24-20-33(27-11-4-3-10-26(24)27)19-23-8-5-7-22-6-1-2-9-25(22)23/h1-13,16,18,20H,14-15,17,19H2,(H,32,34)/b31-18-. The van der Waals surface area contributed by atoms with Crippen molar-refractivity contribution >= 4 is 33.8 Å². The van der Waals surface area contributed by atoms with Crippen molar-refractivity contribution < 1.29 is 14.3 Å². The molecule has 1 aliphatic rings. The minimum absolute atomic E-state index is 0.192. The number of hydrogen-bond donors (Lipinski definition) is 1. The fourth-order valence-corrected chi connectivity index (χ4v) is 4.72. The molecule has 1 aromatic heterocycles. The Morgan fingerprint density at radius 2 is 1.67 bits per heavy atom. The lowest BCUT2D eigenvalue weighted by atomic mass is 10.0. The third-order valence-corrected chi connectivity index (χ3v) is 6.40. The number of aromatic nitrogens is 1. The van der Waals surface area contributed by atoms with Gasteiger partial charge in [-0.3, -0.25) is 4.79 Å². The van der Waals surface area contributed by atoms with Crippen LogP contribution >= 0.6 is 0 Å². The van der Waals surface area contributed by atoms with E-state index in [4.69, 9.17) is 9.47 Å². The molecule has 0 fully saturated rings. The van der Waals surface area contributed by atoms with Crippen LogP contribution in [0.3, 0.4) is 0 Å². The predicted octanol–water partition coefficient (Wildman–Crippen LogP) is 5.31. The Morgan fingerprint density at radius 3 is 2.58 bits per heavy atom. The predicted molar refractivity (Wildman–Crippen MR) is 142 cm³/mol. The average Bonchev–Trinajstić information content (AvgIpc) is 3.26. The lowest BCUT2D eigenvalue weighted by Crippen LogP contribution is -2.20. The van der Waals surface area contributed by atoms with Crippen molar-refractivity contribution in [2.24, 2.45) is 5.10 Å². The molecule has 0 saturated heterocycles. The molecule has 0 atom stereocenters. The number of fused-ring (bicyclic) bond motifs is 3. The number of hydrazone groups is 1. The fraction of sp³-hybridized carbons (Fsp3) is 0.133. The van der Waals surface area contributed by atoms with Crippen molar-refractivity contribution in [3.8, 4) is 11.5 Å². The van der Waals surface area contributed by atoms with Gasteiger partial charge in [0.2, 0.25) is 5.91 Å². The van der Waals surface area contributed by atoms with E-state index in [1.807, 2.05) is 30.3 Å². The quantitative estimate of drug-likeness (QED) is 0.268. The highest BCUT2D eigenvalue weighted by atomic mass is 16.6. The van der Waals surface area contributed by atoms with Crippen LogP contribution in [0.2, 0.25) is 0 Å². The lowest BCUT2D eigenvalue weighted by molar-refractivity contribution is -0.120. The van der Waals surface area contributed by atoms with Crippen molar-refractivity contribution in [2.45, 2.75) is 13.0 Å². The summed E-state index contributed by atoms with van der Waals surface area (Å²) in [6.07, 6.45) is 4.00. The van der Waals surface area contributed by atoms with Gasteiger partial charge in [-0.25, -0.2) is 5.43 Å². The van der Waals surface area contributed by atoms with E-state index in [0.29, 0.717) is 24.7 Å². The Hall–Kier alpha value is -4.58. The first-order valence-corrected chi connectivity index (χ1v) is 12.0. The number of nitrogens with zero attached hydrogens (tertiary/aromatic N) is 2. The normalized spacial score (nSPS) is 12.9. The number of hydrogen-bond acceptors (Lipinski definition) is 4. The van der Waals surface area contributed by atoms with Gasteiger partial charge < -0.3 is 14.0 Å². The van der Waals surface area contributed by atoms with Crippen LogP contribution in [0.4, 0.5) is 0 Å². The van der Waals surface area contributed by atoms with Crippen LogP contribution in [0.5, 0.6) is 11.5 Å². The smallest absolute Gasteiger partial charge is 0.244 e. The molecule has 1 amide bonds. The molecule has 0 unspecified atom stereocenters. The maximum absolute atomic E-state index is 12.5. The molecular weight excluding hydrogens is 450 g/mol. The molecular formula is C30H25N3O3. The number of ether oxygens (including phenoxy) is 2. The first-order chi connectivity index (χ1) is 17.7. The second-order valence-electron chi connectivity index (χ2n) is 8.82. The number of nitrogens with one attached hydrogen (secondary N) is 1. The van der Waals surface area contributed by atoms with Crippen LogP contribution in [0.15, 0.2) is 96.2 Å². The first kappa shape index (κ1) is 21.9. The zero-order valence-electron chi connectivity index (χ0n) is 19.7. The van der Waals surface area contributed by atoms with E-state index in [9.17, 15) is 4.79 Å². The molecule has 6 nitrogen and oxygen atoms in total. The molecule has 5 aromatic rings. The number of amides is 1. The van der Waals surface area contributed by atoms with Crippen molar-refractivity contribution in [2.75, 3.05) is 13.2 Å². The van der Waals surface area contributed by atoms with E-state index in [1.54, 1.807) is 6.21 Å². The molecule has 0 bridgehead atoms. The van der Waals surface area contributed by atoms with Crippen LogP contribution in [-0.4, -0.2) is 29.9 Å². The zero-order chi connectivity index (χ0) is 24.3. The monoisotopic (exact) mass is 475 g/mol. The summed E-state index contributed by atoms with van der Waals surface area (Å²) < 4.78 is 13.4. The Kier molecular flexibility index (Phi) is 5.83. The Labute approximate surface area is 208 Å². The molecule has 4 aromatic carbocycles. The van der Waals surface area contributed by atoms with Gasteiger partial charge in [-0.1, -0.05) is 66.7 Å². The summed E-state index contributed by atoms with van der Waals surface area (Å²) in [6, 6.07) is 28.6. The third kappa shape index (κ3) is 4.41. The van der Waals surface area contributed by atoms with E-state index in [0.717, 1.165) is 28.6 Å². The van der Waals surface area contributed by atoms with Crippen LogP contribution < -0.4 is 14.9 Å². The lowest BCUT2D eigenvalue weighted by Gasteiger charge is -2.18. The molecule has 36 heavy (non-hydrogen) atoms. The van der Waals surface area contributed by atoms with E-state index < -0.39 is 0 Å². The second kappa shape index (κ2) is 9.58. The summed E-state index contributed by atoms with van der Waals surface area (Å²) in [5.74, 6) is 1.19. The van der Waals surface area contributed by atoms with Crippen LogP contribution in [0, 0.1) is 0 Å². The Balaban J connectivity index is 1.19. The summed E-state index contributed by atoms with van der Waals surface area (Å²) in [4.78, 5) is 12.5. The van der Waals surface area contributed by atoms with Gasteiger partial charge in [-0.05, 0) is 40.1 Å². The van der Waals surface area contributed by atoms with Gasteiger partial charge in [0.25, 0.3) is 0 Å². The van der Waals surface area contributed by atoms with Crippen molar-refractivity contribution in [1.82, 2.24) is 9.99 Å². The number of benzene rings is 4. The van der Waals surface area contributed by atoms with Crippen LogP contribution in [0.25, 0.3) is 21.7 Å². The highest BCUT2D eigenvalue weighted by molar-refractivity contribution is 6.00. The second-order valence-corrected chi connectivity index (χ2v) is 8.82. The SMILES string of the molecule is O=C(Cc1ccc2c(c1)OCCO2)N/N=C\c1cn(Cc2cccc3ccccc23)c2ccccc12. The van der Waals surface area contributed by atoms with E-state index in [2.05, 4.69) is 75.9 Å². The highest BCUT2D eigenvalue weighted by Crippen LogP contribution is 2.31. The molecule has 2 heterocycles. The van der Waals surface area contributed by atoms with Gasteiger partial charge in [-0.15, -0.1) is 0 Å². The molecule has 0 saturated carbocycles. The van der Waals surface area contributed by atoms with Gasteiger partial charge in [0.1, 0.15) is 13.2 Å². The topological polar surface area (TPSA) is 64.8 Å². The van der Waals surface area contributed by atoms with Gasteiger partial charge in [0.05, 0.1) is 12.6 Å². The molecule has 1 N–H and O–H groups in total. The maximum Gasteiger partial charge on any atom is 0.244 e. The largest absolute Gasteiger partial charge is 0.486 e. The number of carbonyl (C=O) groups excluding carboxylic acids is 1. The molecule has 178 valence electrons. The number of para-hydroxylation sites is 1. The van der Waals surface area contributed by atoms with Crippen molar-refractivity contribution in [1.29, 1.82) is 0 Å². The number of carbonyl (C=O) groups is 1. The molecule has 0 spiro atoms.